The molecule has 5 nitrogen and oxygen atoms in total. The van der Waals surface area contributed by atoms with Crippen LogP contribution in [0, 0.1) is 17.3 Å². The number of hydrogen-bond donors (Lipinski definition) is 1. The first-order chi connectivity index (χ1) is 15.7. The molecule has 2 heterocycles. The number of β-amino-alcohol motifs (C(OH)–C–C–N with tert-alkyl or cyclic N) is 1. The second-order valence-electron chi connectivity index (χ2n) is 11.7. The van der Waals surface area contributed by atoms with E-state index in [1.54, 1.807) is 0 Å². The van der Waals surface area contributed by atoms with Gasteiger partial charge in [-0.25, -0.2) is 0 Å². The molecule has 182 valence electrons. The van der Waals surface area contributed by atoms with Gasteiger partial charge in [0.05, 0.1) is 12.1 Å². The quantitative estimate of drug-likeness (QED) is 0.683. The summed E-state index contributed by atoms with van der Waals surface area (Å²) >= 11 is 0. The fraction of sp³-hybridized carbons (Fsp3) is 0.714. The molecule has 2 aliphatic heterocycles. The number of piperidine rings is 1. The molecule has 1 N–H and O–H groups in total. The fourth-order valence-corrected chi connectivity index (χ4v) is 6.37. The van der Waals surface area contributed by atoms with Gasteiger partial charge in [-0.15, -0.1) is 0 Å². The zero-order valence-corrected chi connectivity index (χ0v) is 20.8. The van der Waals surface area contributed by atoms with Crippen LogP contribution >= 0.6 is 0 Å². The van der Waals surface area contributed by atoms with E-state index in [-0.39, 0.29) is 23.7 Å². The molecule has 1 aromatic rings. The van der Waals surface area contributed by atoms with Crippen LogP contribution in [0.5, 0.6) is 0 Å². The Morgan fingerprint density at radius 3 is 2.52 bits per heavy atom. The van der Waals surface area contributed by atoms with Crippen molar-refractivity contribution in [3.05, 3.63) is 35.9 Å². The molecule has 1 unspecified atom stereocenters. The zero-order chi connectivity index (χ0) is 23.6. The van der Waals surface area contributed by atoms with Crippen molar-refractivity contribution in [2.45, 2.75) is 83.7 Å². The molecule has 4 rings (SSSR count). The topological polar surface area (TPSA) is 60.9 Å². The van der Waals surface area contributed by atoms with E-state index >= 15 is 0 Å². The number of carbonyl (C=O) groups is 2. The highest BCUT2D eigenvalue weighted by Gasteiger charge is 2.51. The van der Waals surface area contributed by atoms with E-state index in [0.29, 0.717) is 44.9 Å². The van der Waals surface area contributed by atoms with Crippen molar-refractivity contribution < 1.29 is 14.7 Å². The standard InChI is InChI=1S/C28H42N2O3/c1-21(16-22-10-6-4-7-11-22)26(32)29-15-14-28(33,27(2,3)19-29)20-30-18-24(17-25(30)31)23-12-8-5-9-13-23/h5,8-9,12-13,21-22,24,33H,4,6-7,10-11,14-20H2,1-3H3/t21-,24+,28?/m1/s1. The summed E-state index contributed by atoms with van der Waals surface area (Å²) in [7, 11) is 0. The second-order valence-corrected chi connectivity index (χ2v) is 11.7. The summed E-state index contributed by atoms with van der Waals surface area (Å²) in [4.78, 5) is 29.9. The number of rotatable bonds is 6. The van der Waals surface area contributed by atoms with Gasteiger partial charge in [-0.1, -0.05) is 83.2 Å². The lowest BCUT2D eigenvalue weighted by Crippen LogP contribution is -2.63. The van der Waals surface area contributed by atoms with Crippen molar-refractivity contribution in [1.82, 2.24) is 9.80 Å². The van der Waals surface area contributed by atoms with E-state index < -0.39 is 11.0 Å². The van der Waals surface area contributed by atoms with Gasteiger partial charge in [0.2, 0.25) is 11.8 Å². The Kier molecular flexibility index (Phi) is 7.18. The molecule has 1 saturated carbocycles. The van der Waals surface area contributed by atoms with Crippen molar-refractivity contribution in [3.8, 4) is 0 Å². The first-order valence-electron chi connectivity index (χ1n) is 13.0. The molecule has 2 amide bonds. The minimum atomic E-state index is -0.988. The summed E-state index contributed by atoms with van der Waals surface area (Å²) in [5, 5.41) is 11.7. The summed E-state index contributed by atoms with van der Waals surface area (Å²) in [5.74, 6) is 1.27. The molecule has 1 aromatic carbocycles. The van der Waals surface area contributed by atoms with E-state index in [1.165, 1.54) is 37.7 Å². The van der Waals surface area contributed by atoms with Gasteiger partial charge in [-0.3, -0.25) is 9.59 Å². The first-order valence-corrected chi connectivity index (χ1v) is 13.0. The highest BCUT2D eigenvalue weighted by atomic mass is 16.3. The van der Waals surface area contributed by atoms with Crippen LogP contribution in [0.3, 0.4) is 0 Å². The minimum absolute atomic E-state index is 0.0434. The molecular weight excluding hydrogens is 412 g/mol. The lowest BCUT2D eigenvalue weighted by atomic mass is 9.69. The smallest absolute Gasteiger partial charge is 0.225 e. The Balaban J connectivity index is 1.36. The van der Waals surface area contributed by atoms with Gasteiger partial charge < -0.3 is 14.9 Å². The molecule has 33 heavy (non-hydrogen) atoms. The van der Waals surface area contributed by atoms with Gasteiger partial charge in [-0.05, 0) is 24.3 Å². The van der Waals surface area contributed by atoms with Crippen LogP contribution in [0.4, 0.5) is 0 Å². The highest BCUT2D eigenvalue weighted by Crippen LogP contribution is 2.41. The molecule has 0 bridgehead atoms. The van der Waals surface area contributed by atoms with Crippen LogP contribution in [0.15, 0.2) is 30.3 Å². The molecule has 3 aliphatic rings. The third-order valence-electron chi connectivity index (χ3n) is 8.72. The second kappa shape index (κ2) is 9.77. The van der Waals surface area contributed by atoms with Crippen LogP contribution in [-0.4, -0.2) is 58.5 Å². The molecule has 3 fully saturated rings. The third-order valence-corrected chi connectivity index (χ3v) is 8.72. The lowest BCUT2D eigenvalue weighted by Gasteiger charge is -2.51. The largest absolute Gasteiger partial charge is 0.387 e. The summed E-state index contributed by atoms with van der Waals surface area (Å²) in [5.41, 5.74) is -0.277. The van der Waals surface area contributed by atoms with E-state index in [2.05, 4.69) is 19.1 Å². The van der Waals surface area contributed by atoms with Crippen LogP contribution in [0.1, 0.15) is 83.6 Å². The predicted molar refractivity (Wildman–Crippen MR) is 131 cm³/mol. The van der Waals surface area contributed by atoms with Crippen molar-refractivity contribution >= 4 is 11.8 Å². The normalized spacial score (nSPS) is 29.3. The molecule has 0 aromatic heterocycles. The van der Waals surface area contributed by atoms with E-state index in [4.69, 9.17) is 0 Å². The first kappa shape index (κ1) is 24.3. The Labute approximate surface area is 199 Å². The monoisotopic (exact) mass is 454 g/mol. The van der Waals surface area contributed by atoms with Gasteiger partial charge >= 0.3 is 0 Å². The molecule has 2 saturated heterocycles. The van der Waals surface area contributed by atoms with Gasteiger partial charge in [-0.2, -0.15) is 0 Å². The van der Waals surface area contributed by atoms with Crippen molar-refractivity contribution in [1.29, 1.82) is 0 Å². The Bertz CT molecular complexity index is 833. The molecule has 5 heteroatoms. The van der Waals surface area contributed by atoms with E-state index in [0.717, 1.165) is 6.42 Å². The number of carbonyl (C=O) groups excluding carboxylic acids is 2. The van der Waals surface area contributed by atoms with Crippen LogP contribution in [-0.2, 0) is 9.59 Å². The minimum Gasteiger partial charge on any atom is -0.387 e. The summed E-state index contributed by atoms with van der Waals surface area (Å²) in [6, 6.07) is 10.2. The predicted octanol–water partition coefficient (Wildman–Crippen LogP) is 4.60. The maximum atomic E-state index is 13.2. The lowest BCUT2D eigenvalue weighted by molar-refractivity contribution is -0.161. The van der Waals surface area contributed by atoms with E-state index in [1.807, 2.05) is 41.8 Å². The van der Waals surface area contributed by atoms with Gasteiger partial charge in [0.1, 0.15) is 0 Å². The molecule has 1 aliphatic carbocycles. The van der Waals surface area contributed by atoms with Crippen molar-refractivity contribution in [2.75, 3.05) is 26.2 Å². The number of benzene rings is 1. The average molecular weight is 455 g/mol. The summed E-state index contributed by atoms with van der Waals surface area (Å²) < 4.78 is 0. The number of hydrogen-bond acceptors (Lipinski definition) is 3. The van der Waals surface area contributed by atoms with Crippen molar-refractivity contribution in [2.24, 2.45) is 17.3 Å². The summed E-state index contributed by atoms with van der Waals surface area (Å²) in [6.45, 7) is 8.29. The van der Waals surface area contributed by atoms with Crippen LogP contribution in [0.2, 0.25) is 0 Å². The zero-order valence-electron chi connectivity index (χ0n) is 20.8. The Morgan fingerprint density at radius 2 is 1.85 bits per heavy atom. The van der Waals surface area contributed by atoms with Crippen LogP contribution < -0.4 is 0 Å². The maximum absolute atomic E-state index is 13.2. The highest BCUT2D eigenvalue weighted by molar-refractivity contribution is 5.80. The van der Waals surface area contributed by atoms with Crippen molar-refractivity contribution in [3.63, 3.8) is 0 Å². The Hall–Kier alpha value is -1.88. The number of aliphatic hydroxyl groups is 1. The molecule has 0 spiro atoms. The molecule has 3 atom stereocenters. The fourth-order valence-electron chi connectivity index (χ4n) is 6.37. The van der Waals surface area contributed by atoms with Gasteiger partial charge in [0.15, 0.2) is 0 Å². The SMILES string of the molecule is C[C@H](CC1CCCCC1)C(=O)N1CCC(O)(CN2C[C@@H](c3ccccc3)CC2=O)C(C)(C)C1. The maximum Gasteiger partial charge on any atom is 0.225 e. The third kappa shape index (κ3) is 5.29. The molecule has 0 radical (unpaired) electrons. The number of amides is 2. The van der Waals surface area contributed by atoms with E-state index in [9.17, 15) is 14.7 Å². The number of likely N-dealkylation sites (tertiary alicyclic amines) is 2. The van der Waals surface area contributed by atoms with Gasteiger partial charge in [0.25, 0.3) is 0 Å². The average Bonchev–Trinajstić information content (AvgIpc) is 3.16. The Morgan fingerprint density at radius 1 is 1.15 bits per heavy atom. The molecular formula is C28H42N2O3. The van der Waals surface area contributed by atoms with Crippen LogP contribution in [0.25, 0.3) is 0 Å². The van der Waals surface area contributed by atoms with Gasteiger partial charge in [0, 0.05) is 43.3 Å². The number of nitrogens with zero attached hydrogens (tertiary/aromatic N) is 2. The summed E-state index contributed by atoms with van der Waals surface area (Å²) in [6.07, 6.45) is 8.47.